The van der Waals surface area contributed by atoms with Crippen molar-refractivity contribution in [2.75, 3.05) is 18.1 Å². The molecule has 1 aromatic carbocycles. The fraction of sp³-hybridized carbons (Fsp3) is 0.417. The fourth-order valence-electron chi connectivity index (χ4n) is 2.10. The molecule has 0 bridgehead atoms. The Morgan fingerprint density at radius 3 is 2.76 bits per heavy atom. The first kappa shape index (κ1) is 16.5. The van der Waals surface area contributed by atoms with Crippen molar-refractivity contribution in [2.45, 2.75) is 17.9 Å². The molecule has 1 fully saturated rings. The topological polar surface area (TPSA) is 74.7 Å². The van der Waals surface area contributed by atoms with Crippen molar-refractivity contribution in [3.05, 3.63) is 28.5 Å². The third-order valence-electron chi connectivity index (χ3n) is 3.13. The minimum atomic E-state index is -4.12. The van der Waals surface area contributed by atoms with Gasteiger partial charge in [0.2, 0.25) is 10.0 Å². The van der Waals surface area contributed by atoms with E-state index in [1.165, 1.54) is 4.31 Å². The summed E-state index contributed by atoms with van der Waals surface area (Å²) < 4.78 is 40.6. The molecule has 5 nitrogen and oxygen atoms in total. The van der Waals surface area contributed by atoms with E-state index in [4.69, 9.17) is 16.7 Å². The van der Waals surface area contributed by atoms with Crippen LogP contribution in [0.25, 0.3) is 0 Å². The molecule has 1 aliphatic heterocycles. The fourth-order valence-corrected chi connectivity index (χ4v) is 5.35. The molecule has 1 unspecified atom stereocenters. The van der Waals surface area contributed by atoms with Gasteiger partial charge in [-0.1, -0.05) is 11.6 Å². The Morgan fingerprint density at radius 1 is 1.52 bits per heavy atom. The molecule has 1 aliphatic rings. The molecular formula is C12H13ClFNO4S2. The van der Waals surface area contributed by atoms with Crippen molar-refractivity contribution in [3.8, 4) is 0 Å². The Labute approximate surface area is 131 Å². The predicted molar refractivity (Wildman–Crippen MR) is 79.0 cm³/mol. The van der Waals surface area contributed by atoms with Gasteiger partial charge < -0.3 is 5.11 Å². The van der Waals surface area contributed by atoms with Crippen LogP contribution in [0.3, 0.4) is 0 Å². The SMILES string of the molecule is CC1CSCCN1S(=O)(=O)c1cc(Cl)cc(C(=O)O)c1F. The standard InChI is InChI=1S/C12H13ClFNO4S2/c1-7-6-20-3-2-15(7)21(18,19)10-5-8(13)4-9(11(10)14)12(16)17/h4-5,7H,2-3,6H2,1H3,(H,16,17). The molecule has 0 spiro atoms. The number of sulfonamides is 1. The lowest BCUT2D eigenvalue weighted by atomic mass is 10.2. The summed E-state index contributed by atoms with van der Waals surface area (Å²) in [5.74, 6) is -1.63. The van der Waals surface area contributed by atoms with Gasteiger partial charge in [-0.15, -0.1) is 0 Å². The van der Waals surface area contributed by atoms with E-state index >= 15 is 0 Å². The highest BCUT2D eigenvalue weighted by molar-refractivity contribution is 7.99. The monoisotopic (exact) mass is 353 g/mol. The highest BCUT2D eigenvalue weighted by atomic mass is 35.5. The van der Waals surface area contributed by atoms with Crippen LogP contribution < -0.4 is 0 Å². The Kier molecular flexibility index (Phi) is 4.82. The molecule has 0 amide bonds. The zero-order valence-corrected chi connectivity index (χ0v) is 13.4. The van der Waals surface area contributed by atoms with E-state index in [2.05, 4.69) is 0 Å². The normalized spacial score (nSPS) is 20.4. The Balaban J connectivity index is 2.57. The molecule has 0 aliphatic carbocycles. The first-order chi connectivity index (χ1) is 9.75. The Bertz CT molecular complexity index is 680. The summed E-state index contributed by atoms with van der Waals surface area (Å²) in [6, 6.07) is 1.56. The number of benzene rings is 1. The molecule has 116 valence electrons. The van der Waals surface area contributed by atoms with E-state index in [1.807, 2.05) is 0 Å². The third-order valence-corrected chi connectivity index (χ3v) is 6.55. The van der Waals surface area contributed by atoms with Gasteiger partial charge in [0.05, 0.1) is 5.56 Å². The highest BCUT2D eigenvalue weighted by Crippen LogP contribution is 2.29. The Morgan fingerprint density at radius 2 is 2.19 bits per heavy atom. The first-order valence-corrected chi connectivity index (χ1v) is 9.04. The van der Waals surface area contributed by atoms with Gasteiger partial charge in [-0.05, 0) is 19.1 Å². The van der Waals surface area contributed by atoms with Crippen LogP contribution in [0.5, 0.6) is 0 Å². The van der Waals surface area contributed by atoms with Gasteiger partial charge in [0.15, 0.2) is 5.82 Å². The number of thioether (sulfide) groups is 1. The minimum Gasteiger partial charge on any atom is -0.478 e. The number of carboxylic acids is 1. The number of rotatable bonds is 3. The van der Waals surface area contributed by atoms with Gasteiger partial charge in [0.1, 0.15) is 4.90 Å². The zero-order valence-electron chi connectivity index (χ0n) is 11.0. The van der Waals surface area contributed by atoms with E-state index < -0.39 is 32.3 Å². The van der Waals surface area contributed by atoms with E-state index in [1.54, 1.807) is 18.7 Å². The molecular weight excluding hydrogens is 341 g/mol. The second-order valence-electron chi connectivity index (χ2n) is 4.61. The quantitative estimate of drug-likeness (QED) is 0.902. The summed E-state index contributed by atoms with van der Waals surface area (Å²) in [7, 11) is -4.12. The van der Waals surface area contributed by atoms with Crippen LogP contribution in [0.1, 0.15) is 17.3 Å². The van der Waals surface area contributed by atoms with Crippen molar-refractivity contribution in [1.82, 2.24) is 4.31 Å². The van der Waals surface area contributed by atoms with E-state index in [0.29, 0.717) is 11.5 Å². The summed E-state index contributed by atoms with van der Waals surface area (Å²) in [5, 5.41) is 8.80. The lowest BCUT2D eigenvalue weighted by molar-refractivity contribution is 0.0691. The summed E-state index contributed by atoms with van der Waals surface area (Å²) in [5.41, 5.74) is -0.750. The van der Waals surface area contributed by atoms with E-state index in [-0.39, 0.29) is 17.6 Å². The number of carboxylic acid groups (broad SMARTS) is 1. The maximum Gasteiger partial charge on any atom is 0.338 e. The maximum atomic E-state index is 14.2. The van der Waals surface area contributed by atoms with Crippen LogP contribution >= 0.6 is 23.4 Å². The molecule has 1 N–H and O–H groups in total. The summed E-state index contributed by atoms with van der Waals surface area (Å²) in [6.45, 7) is 1.98. The average Bonchev–Trinajstić information content (AvgIpc) is 2.40. The summed E-state index contributed by atoms with van der Waals surface area (Å²) >= 11 is 7.34. The van der Waals surface area contributed by atoms with Gasteiger partial charge in [0.25, 0.3) is 0 Å². The van der Waals surface area contributed by atoms with Gasteiger partial charge >= 0.3 is 5.97 Å². The number of nitrogens with zero attached hydrogens (tertiary/aromatic N) is 1. The molecule has 9 heteroatoms. The lowest BCUT2D eigenvalue weighted by Gasteiger charge is -2.32. The smallest absolute Gasteiger partial charge is 0.338 e. The predicted octanol–water partition coefficient (Wildman–Crippen LogP) is 2.30. The molecule has 0 aromatic heterocycles. The second-order valence-corrected chi connectivity index (χ2v) is 8.06. The number of hydrogen-bond acceptors (Lipinski definition) is 4. The molecule has 1 heterocycles. The molecule has 0 radical (unpaired) electrons. The zero-order chi connectivity index (χ0) is 15.8. The highest BCUT2D eigenvalue weighted by Gasteiger charge is 2.34. The van der Waals surface area contributed by atoms with E-state index in [9.17, 15) is 17.6 Å². The van der Waals surface area contributed by atoms with Gasteiger partial charge in [-0.2, -0.15) is 16.1 Å². The van der Waals surface area contributed by atoms with Crippen LogP contribution in [0.2, 0.25) is 5.02 Å². The lowest BCUT2D eigenvalue weighted by Crippen LogP contribution is -2.44. The Hall–Kier alpha value is -0.830. The second kappa shape index (κ2) is 6.12. The van der Waals surface area contributed by atoms with Gasteiger partial charge in [0, 0.05) is 29.1 Å². The molecule has 1 aromatic rings. The number of halogens is 2. The number of carbonyl (C=O) groups is 1. The van der Waals surface area contributed by atoms with Crippen LogP contribution in [0.4, 0.5) is 4.39 Å². The number of hydrogen-bond donors (Lipinski definition) is 1. The molecule has 0 saturated carbocycles. The van der Waals surface area contributed by atoms with Gasteiger partial charge in [-0.25, -0.2) is 17.6 Å². The third kappa shape index (κ3) is 3.18. The van der Waals surface area contributed by atoms with Crippen molar-refractivity contribution >= 4 is 39.4 Å². The molecule has 21 heavy (non-hydrogen) atoms. The van der Waals surface area contributed by atoms with Crippen molar-refractivity contribution < 1.29 is 22.7 Å². The summed E-state index contributed by atoms with van der Waals surface area (Å²) in [6.07, 6.45) is 0. The molecule has 1 saturated heterocycles. The van der Waals surface area contributed by atoms with Crippen molar-refractivity contribution in [3.63, 3.8) is 0 Å². The van der Waals surface area contributed by atoms with Crippen LogP contribution in [-0.4, -0.2) is 47.9 Å². The van der Waals surface area contributed by atoms with Gasteiger partial charge in [-0.3, -0.25) is 0 Å². The van der Waals surface area contributed by atoms with Crippen LogP contribution in [-0.2, 0) is 10.0 Å². The number of aromatic carboxylic acids is 1. The molecule has 2 rings (SSSR count). The minimum absolute atomic E-state index is 0.133. The summed E-state index contributed by atoms with van der Waals surface area (Å²) in [4.78, 5) is 10.3. The first-order valence-electron chi connectivity index (χ1n) is 6.07. The van der Waals surface area contributed by atoms with E-state index in [0.717, 1.165) is 12.1 Å². The molecule has 1 atom stereocenters. The largest absolute Gasteiger partial charge is 0.478 e. The van der Waals surface area contributed by atoms with Crippen molar-refractivity contribution in [1.29, 1.82) is 0 Å². The van der Waals surface area contributed by atoms with Crippen LogP contribution in [0, 0.1) is 5.82 Å². The van der Waals surface area contributed by atoms with Crippen molar-refractivity contribution in [2.24, 2.45) is 0 Å². The van der Waals surface area contributed by atoms with Crippen LogP contribution in [0.15, 0.2) is 17.0 Å². The average molecular weight is 354 g/mol. The maximum absolute atomic E-state index is 14.2.